The molecule has 0 amide bonds. The van der Waals surface area contributed by atoms with Crippen LogP contribution < -0.4 is 0 Å². The van der Waals surface area contributed by atoms with Crippen molar-refractivity contribution in [3.63, 3.8) is 0 Å². The lowest BCUT2D eigenvalue weighted by atomic mass is 10.1. The summed E-state index contributed by atoms with van der Waals surface area (Å²) in [6.45, 7) is 4.00. The van der Waals surface area contributed by atoms with Gasteiger partial charge >= 0.3 is 0 Å². The van der Waals surface area contributed by atoms with Crippen LogP contribution in [0.3, 0.4) is 0 Å². The molecule has 0 N–H and O–H groups in total. The van der Waals surface area contributed by atoms with Crippen molar-refractivity contribution in [2.45, 2.75) is 12.5 Å². The topological polar surface area (TPSA) is 12.5 Å². The lowest BCUT2D eigenvalue weighted by molar-refractivity contribution is -0.00378. The quantitative estimate of drug-likeness (QED) is 0.608. The minimum atomic E-state index is 0.628. The fraction of sp³-hybridized carbons (Fsp3) is 0.750. The molecule has 11 heavy (non-hydrogen) atoms. The molecular weight excluding hydrogens is 206 g/mol. The van der Waals surface area contributed by atoms with Gasteiger partial charge in [-0.15, -0.1) is 0 Å². The normalized spacial score (nSPS) is 32.8. The number of ether oxygens (including phenoxy) is 1. The Morgan fingerprint density at radius 1 is 1.64 bits per heavy atom. The highest BCUT2D eigenvalue weighted by atomic mass is 79.9. The number of hydrogen-bond acceptors (Lipinski definition) is 2. The van der Waals surface area contributed by atoms with Gasteiger partial charge in [0.1, 0.15) is 0 Å². The van der Waals surface area contributed by atoms with E-state index in [1.807, 2.05) is 0 Å². The summed E-state index contributed by atoms with van der Waals surface area (Å²) in [5, 5.41) is 0. The first-order chi connectivity index (χ1) is 5.36. The van der Waals surface area contributed by atoms with Crippen LogP contribution in [-0.4, -0.2) is 37.2 Å². The highest BCUT2D eigenvalue weighted by Gasteiger charge is 2.25. The maximum atomic E-state index is 5.40. The summed E-state index contributed by atoms with van der Waals surface area (Å²) < 4.78 is 6.73. The first-order valence-electron chi connectivity index (χ1n) is 4.02. The number of morpholine rings is 1. The standard InChI is InChI=1S/C8H12BrNO/c9-7-1-2-10-3-4-11-6-8(10)5-7/h1,8H,2-6H2/t8-/m1/s1. The van der Waals surface area contributed by atoms with Crippen molar-refractivity contribution in [3.8, 4) is 0 Å². The van der Waals surface area contributed by atoms with Crippen LogP contribution in [0, 0.1) is 0 Å². The molecule has 0 bridgehead atoms. The average Bonchev–Trinajstić information content (AvgIpc) is 2.04. The van der Waals surface area contributed by atoms with Crippen LogP contribution in [0.15, 0.2) is 10.6 Å². The summed E-state index contributed by atoms with van der Waals surface area (Å²) >= 11 is 3.53. The molecule has 1 fully saturated rings. The number of rotatable bonds is 0. The molecule has 62 valence electrons. The fourth-order valence-corrected chi connectivity index (χ4v) is 2.16. The van der Waals surface area contributed by atoms with Gasteiger partial charge in [0.2, 0.25) is 0 Å². The number of nitrogens with zero attached hydrogens (tertiary/aromatic N) is 1. The van der Waals surface area contributed by atoms with Gasteiger partial charge < -0.3 is 4.74 Å². The van der Waals surface area contributed by atoms with Gasteiger partial charge in [0.05, 0.1) is 13.2 Å². The minimum absolute atomic E-state index is 0.628. The summed E-state index contributed by atoms with van der Waals surface area (Å²) in [5.41, 5.74) is 0. The summed E-state index contributed by atoms with van der Waals surface area (Å²) in [4.78, 5) is 2.48. The molecule has 2 aliphatic heterocycles. The lowest BCUT2D eigenvalue weighted by Crippen LogP contribution is -2.47. The van der Waals surface area contributed by atoms with E-state index in [9.17, 15) is 0 Å². The van der Waals surface area contributed by atoms with E-state index in [-0.39, 0.29) is 0 Å². The van der Waals surface area contributed by atoms with E-state index in [2.05, 4.69) is 26.9 Å². The van der Waals surface area contributed by atoms with Crippen molar-refractivity contribution in [3.05, 3.63) is 10.6 Å². The molecule has 0 aliphatic carbocycles. The predicted octanol–water partition coefficient (Wildman–Crippen LogP) is 1.37. The van der Waals surface area contributed by atoms with E-state index in [1.165, 1.54) is 4.48 Å². The Labute approximate surface area is 75.3 Å². The first kappa shape index (κ1) is 7.77. The summed E-state index contributed by atoms with van der Waals surface area (Å²) in [6, 6.07) is 0.628. The fourth-order valence-electron chi connectivity index (χ4n) is 1.64. The predicted molar refractivity (Wildman–Crippen MR) is 47.8 cm³/mol. The molecule has 3 heteroatoms. The zero-order chi connectivity index (χ0) is 7.68. The van der Waals surface area contributed by atoms with Crippen LogP contribution in [0.4, 0.5) is 0 Å². The van der Waals surface area contributed by atoms with Crippen LogP contribution in [0.1, 0.15) is 6.42 Å². The molecular formula is C8H12BrNO. The lowest BCUT2D eigenvalue weighted by Gasteiger charge is -2.37. The molecule has 0 radical (unpaired) electrons. The van der Waals surface area contributed by atoms with Crippen LogP contribution in [-0.2, 0) is 4.74 Å². The summed E-state index contributed by atoms with van der Waals surface area (Å²) in [5.74, 6) is 0. The molecule has 2 aliphatic rings. The number of halogens is 1. The van der Waals surface area contributed by atoms with Crippen molar-refractivity contribution in [2.24, 2.45) is 0 Å². The molecule has 0 aromatic carbocycles. The molecule has 1 atom stereocenters. The van der Waals surface area contributed by atoms with E-state index in [0.29, 0.717) is 6.04 Å². The van der Waals surface area contributed by atoms with Gasteiger partial charge in [0, 0.05) is 19.1 Å². The van der Waals surface area contributed by atoms with Gasteiger partial charge in [-0.2, -0.15) is 0 Å². The van der Waals surface area contributed by atoms with E-state index in [1.54, 1.807) is 0 Å². The van der Waals surface area contributed by atoms with Crippen molar-refractivity contribution in [1.82, 2.24) is 4.90 Å². The molecule has 0 aromatic rings. The zero-order valence-electron chi connectivity index (χ0n) is 6.42. The van der Waals surface area contributed by atoms with Gasteiger partial charge in [-0.3, -0.25) is 4.90 Å². The van der Waals surface area contributed by atoms with Crippen molar-refractivity contribution < 1.29 is 4.74 Å². The molecule has 0 spiro atoms. The molecule has 0 saturated carbocycles. The molecule has 0 aromatic heterocycles. The van der Waals surface area contributed by atoms with Crippen LogP contribution >= 0.6 is 15.9 Å². The SMILES string of the molecule is BrC1=CCN2CCOC[C@H]2C1. The van der Waals surface area contributed by atoms with Gasteiger partial charge in [-0.25, -0.2) is 0 Å². The van der Waals surface area contributed by atoms with Crippen molar-refractivity contribution in [1.29, 1.82) is 0 Å². The first-order valence-corrected chi connectivity index (χ1v) is 4.82. The Bertz CT molecular complexity index is 181. The Kier molecular flexibility index (Phi) is 2.30. The highest BCUT2D eigenvalue weighted by Crippen LogP contribution is 2.23. The van der Waals surface area contributed by atoms with Gasteiger partial charge in [-0.05, 0) is 10.9 Å². The molecule has 0 unspecified atom stereocenters. The third-order valence-electron chi connectivity index (χ3n) is 2.33. The maximum Gasteiger partial charge on any atom is 0.0626 e. The molecule has 2 rings (SSSR count). The minimum Gasteiger partial charge on any atom is -0.378 e. The van der Waals surface area contributed by atoms with Gasteiger partial charge in [0.25, 0.3) is 0 Å². The van der Waals surface area contributed by atoms with Crippen LogP contribution in [0.5, 0.6) is 0 Å². The van der Waals surface area contributed by atoms with E-state index in [4.69, 9.17) is 4.74 Å². The Morgan fingerprint density at radius 2 is 2.55 bits per heavy atom. The van der Waals surface area contributed by atoms with Crippen molar-refractivity contribution in [2.75, 3.05) is 26.3 Å². The molecule has 2 nitrogen and oxygen atoms in total. The smallest absolute Gasteiger partial charge is 0.0626 e. The van der Waals surface area contributed by atoms with Gasteiger partial charge in [-0.1, -0.05) is 22.0 Å². The Morgan fingerprint density at radius 3 is 3.45 bits per heavy atom. The van der Waals surface area contributed by atoms with Gasteiger partial charge in [0.15, 0.2) is 0 Å². The summed E-state index contributed by atoms with van der Waals surface area (Å²) in [6.07, 6.45) is 3.38. The monoisotopic (exact) mass is 217 g/mol. The number of fused-ring (bicyclic) bond motifs is 1. The third-order valence-corrected chi connectivity index (χ3v) is 2.97. The average molecular weight is 218 g/mol. The van der Waals surface area contributed by atoms with Crippen LogP contribution in [0.2, 0.25) is 0 Å². The Hall–Kier alpha value is 0.140. The van der Waals surface area contributed by atoms with E-state index in [0.717, 1.165) is 32.7 Å². The Balaban J connectivity index is 2.04. The zero-order valence-corrected chi connectivity index (χ0v) is 8.01. The second-order valence-corrected chi connectivity index (χ2v) is 4.10. The van der Waals surface area contributed by atoms with Crippen molar-refractivity contribution >= 4 is 15.9 Å². The molecule has 1 saturated heterocycles. The van der Waals surface area contributed by atoms with E-state index < -0.39 is 0 Å². The second-order valence-electron chi connectivity index (χ2n) is 3.08. The van der Waals surface area contributed by atoms with Crippen LogP contribution in [0.25, 0.3) is 0 Å². The largest absolute Gasteiger partial charge is 0.378 e. The maximum absolute atomic E-state index is 5.40. The summed E-state index contributed by atoms with van der Waals surface area (Å²) in [7, 11) is 0. The third kappa shape index (κ3) is 1.66. The highest BCUT2D eigenvalue weighted by molar-refractivity contribution is 9.11. The second kappa shape index (κ2) is 3.25. The van der Waals surface area contributed by atoms with E-state index >= 15 is 0 Å². The number of hydrogen-bond donors (Lipinski definition) is 0. The molecule has 2 heterocycles.